The fourth-order valence-electron chi connectivity index (χ4n) is 3.12. The molecule has 2 amide bonds. The first-order valence-electron chi connectivity index (χ1n) is 8.65. The highest BCUT2D eigenvalue weighted by molar-refractivity contribution is 5.75. The first kappa shape index (κ1) is 16.9. The highest BCUT2D eigenvalue weighted by Crippen LogP contribution is 2.32. The lowest BCUT2D eigenvalue weighted by molar-refractivity contribution is 0.0431. The molecule has 0 aromatic heterocycles. The van der Waals surface area contributed by atoms with Gasteiger partial charge in [-0.2, -0.15) is 0 Å². The number of benzene rings is 1. The molecule has 132 valence electrons. The zero-order valence-corrected chi connectivity index (χ0v) is 14.4. The molecule has 1 N–H and O–H groups in total. The highest BCUT2D eigenvalue weighted by Gasteiger charge is 2.24. The Kier molecular flexibility index (Phi) is 5.45. The first-order valence-corrected chi connectivity index (χ1v) is 8.65. The molecule has 2 aliphatic rings. The van der Waals surface area contributed by atoms with Gasteiger partial charge >= 0.3 is 6.03 Å². The largest absolute Gasteiger partial charge is 0.490 e. The number of amides is 2. The second kappa shape index (κ2) is 7.75. The Hall–Kier alpha value is -1.95. The molecule has 1 saturated heterocycles. The third kappa shape index (κ3) is 3.93. The maximum atomic E-state index is 12.5. The molecule has 1 fully saturated rings. The van der Waals surface area contributed by atoms with E-state index in [-0.39, 0.29) is 18.2 Å². The minimum atomic E-state index is -0.0995. The Labute approximate surface area is 143 Å². The Balaban J connectivity index is 1.63. The molecule has 24 heavy (non-hydrogen) atoms. The summed E-state index contributed by atoms with van der Waals surface area (Å²) in [4.78, 5) is 14.3. The standard InChI is InChI=1S/C18H26N2O4/c1-13(19-18(21)20-8-3-5-15(12-20)22-2)14-6-7-16-17(11-14)24-10-4-9-23-16/h6-7,11,13,15H,3-5,8-10,12H2,1-2H3,(H,19,21). The van der Waals surface area contributed by atoms with Gasteiger partial charge in [-0.15, -0.1) is 0 Å². The van der Waals surface area contributed by atoms with Gasteiger partial charge in [-0.1, -0.05) is 6.07 Å². The van der Waals surface area contributed by atoms with Gasteiger partial charge in [-0.25, -0.2) is 4.79 Å². The fraction of sp³-hybridized carbons (Fsp3) is 0.611. The molecular weight excluding hydrogens is 308 g/mol. The van der Waals surface area contributed by atoms with Crippen LogP contribution in [0.25, 0.3) is 0 Å². The van der Waals surface area contributed by atoms with Crippen molar-refractivity contribution < 1.29 is 19.0 Å². The minimum Gasteiger partial charge on any atom is -0.490 e. The topological polar surface area (TPSA) is 60.0 Å². The molecule has 0 aliphatic carbocycles. The number of methoxy groups -OCH3 is 1. The average molecular weight is 334 g/mol. The number of hydrogen-bond acceptors (Lipinski definition) is 4. The van der Waals surface area contributed by atoms with Crippen LogP contribution in [-0.2, 0) is 4.74 Å². The van der Waals surface area contributed by atoms with Crippen LogP contribution in [-0.4, -0.2) is 50.4 Å². The summed E-state index contributed by atoms with van der Waals surface area (Å²) in [6.45, 7) is 4.74. The average Bonchev–Trinajstić information content (AvgIpc) is 2.86. The van der Waals surface area contributed by atoms with E-state index in [9.17, 15) is 4.79 Å². The number of nitrogens with zero attached hydrogens (tertiary/aromatic N) is 1. The van der Waals surface area contributed by atoms with Crippen molar-refractivity contribution in [3.05, 3.63) is 23.8 Å². The summed E-state index contributed by atoms with van der Waals surface area (Å²) in [5.74, 6) is 1.53. The van der Waals surface area contributed by atoms with E-state index >= 15 is 0 Å². The minimum absolute atomic E-state index is 0.0450. The molecule has 0 spiro atoms. The summed E-state index contributed by atoms with van der Waals surface area (Å²) in [5, 5.41) is 3.07. The van der Waals surface area contributed by atoms with Gasteiger partial charge in [0.1, 0.15) is 0 Å². The molecule has 1 aromatic carbocycles. The summed E-state index contributed by atoms with van der Waals surface area (Å²) in [6.07, 6.45) is 3.01. The number of ether oxygens (including phenoxy) is 3. The van der Waals surface area contributed by atoms with Gasteiger partial charge in [0.2, 0.25) is 0 Å². The lowest BCUT2D eigenvalue weighted by Gasteiger charge is -2.32. The molecular formula is C18H26N2O4. The van der Waals surface area contributed by atoms with Crippen molar-refractivity contribution >= 4 is 6.03 Å². The molecule has 2 atom stereocenters. The molecule has 2 aliphatic heterocycles. The zero-order valence-electron chi connectivity index (χ0n) is 14.4. The Morgan fingerprint density at radius 3 is 2.88 bits per heavy atom. The van der Waals surface area contributed by atoms with Gasteiger partial charge in [-0.3, -0.25) is 0 Å². The highest BCUT2D eigenvalue weighted by atomic mass is 16.5. The van der Waals surface area contributed by atoms with Crippen molar-refractivity contribution in [2.24, 2.45) is 0 Å². The van der Waals surface area contributed by atoms with E-state index in [2.05, 4.69) is 5.32 Å². The molecule has 6 heteroatoms. The van der Waals surface area contributed by atoms with E-state index in [1.54, 1.807) is 7.11 Å². The molecule has 0 radical (unpaired) electrons. The van der Waals surface area contributed by atoms with Crippen LogP contribution in [0.15, 0.2) is 18.2 Å². The van der Waals surface area contributed by atoms with Crippen molar-refractivity contribution in [3.8, 4) is 11.5 Å². The van der Waals surface area contributed by atoms with Crippen LogP contribution >= 0.6 is 0 Å². The van der Waals surface area contributed by atoms with Gasteiger partial charge in [0, 0.05) is 26.6 Å². The second-order valence-electron chi connectivity index (χ2n) is 6.37. The quantitative estimate of drug-likeness (QED) is 0.923. The zero-order chi connectivity index (χ0) is 16.9. The monoisotopic (exact) mass is 334 g/mol. The summed E-state index contributed by atoms with van der Waals surface area (Å²) in [5.41, 5.74) is 1.01. The fourth-order valence-corrected chi connectivity index (χ4v) is 3.12. The number of carbonyl (C=O) groups is 1. The maximum Gasteiger partial charge on any atom is 0.317 e. The lowest BCUT2D eigenvalue weighted by atomic mass is 10.1. The van der Waals surface area contributed by atoms with Crippen LogP contribution in [0, 0.1) is 0 Å². The van der Waals surface area contributed by atoms with E-state index in [0.717, 1.165) is 42.9 Å². The van der Waals surface area contributed by atoms with E-state index in [1.807, 2.05) is 30.0 Å². The Morgan fingerprint density at radius 1 is 1.29 bits per heavy atom. The first-order chi connectivity index (χ1) is 11.7. The lowest BCUT2D eigenvalue weighted by Crippen LogP contribution is -2.48. The number of rotatable bonds is 3. The van der Waals surface area contributed by atoms with Crippen molar-refractivity contribution in [2.75, 3.05) is 33.4 Å². The molecule has 3 rings (SSSR count). The molecule has 0 bridgehead atoms. The summed E-state index contributed by atoms with van der Waals surface area (Å²) in [7, 11) is 1.70. The molecule has 1 aromatic rings. The SMILES string of the molecule is COC1CCCN(C(=O)NC(C)c2ccc3c(c2)OCCCO3)C1. The third-order valence-electron chi connectivity index (χ3n) is 4.61. The van der Waals surface area contributed by atoms with Gasteiger partial charge in [0.05, 0.1) is 25.4 Å². The summed E-state index contributed by atoms with van der Waals surface area (Å²) >= 11 is 0. The number of likely N-dealkylation sites (tertiary alicyclic amines) is 1. The van der Waals surface area contributed by atoms with Gasteiger partial charge in [0.25, 0.3) is 0 Å². The number of piperidine rings is 1. The van der Waals surface area contributed by atoms with Crippen LogP contribution in [0.3, 0.4) is 0 Å². The third-order valence-corrected chi connectivity index (χ3v) is 4.61. The van der Waals surface area contributed by atoms with E-state index < -0.39 is 0 Å². The molecule has 2 heterocycles. The predicted octanol–water partition coefficient (Wildman–Crippen LogP) is 2.73. The van der Waals surface area contributed by atoms with Gasteiger partial charge in [-0.05, 0) is 37.5 Å². The summed E-state index contributed by atoms with van der Waals surface area (Å²) < 4.78 is 16.8. The number of nitrogens with one attached hydrogen (secondary N) is 1. The Bertz CT molecular complexity index is 578. The van der Waals surface area contributed by atoms with Crippen molar-refractivity contribution in [3.63, 3.8) is 0 Å². The number of hydrogen-bond donors (Lipinski definition) is 1. The van der Waals surface area contributed by atoms with Crippen molar-refractivity contribution in [2.45, 2.75) is 38.3 Å². The summed E-state index contributed by atoms with van der Waals surface area (Å²) in [6, 6.07) is 5.71. The number of urea groups is 1. The van der Waals surface area contributed by atoms with E-state index in [0.29, 0.717) is 19.8 Å². The van der Waals surface area contributed by atoms with Crippen LogP contribution in [0.5, 0.6) is 11.5 Å². The smallest absolute Gasteiger partial charge is 0.317 e. The second-order valence-corrected chi connectivity index (χ2v) is 6.37. The molecule has 2 unspecified atom stereocenters. The van der Waals surface area contributed by atoms with Crippen LogP contribution < -0.4 is 14.8 Å². The molecule has 0 saturated carbocycles. The Morgan fingerprint density at radius 2 is 2.08 bits per heavy atom. The maximum absolute atomic E-state index is 12.5. The van der Waals surface area contributed by atoms with Gasteiger partial charge < -0.3 is 24.4 Å². The normalized spacial score (nSPS) is 21.8. The van der Waals surface area contributed by atoms with Crippen molar-refractivity contribution in [1.29, 1.82) is 0 Å². The number of carbonyl (C=O) groups excluding carboxylic acids is 1. The molecule has 6 nitrogen and oxygen atoms in total. The van der Waals surface area contributed by atoms with Crippen LogP contribution in [0.1, 0.15) is 37.8 Å². The van der Waals surface area contributed by atoms with Crippen LogP contribution in [0.4, 0.5) is 4.79 Å². The van der Waals surface area contributed by atoms with E-state index in [4.69, 9.17) is 14.2 Å². The number of fused-ring (bicyclic) bond motifs is 1. The van der Waals surface area contributed by atoms with E-state index in [1.165, 1.54) is 0 Å². The van der Waals surface area contributed by atoms with Crippen molar-refractivity contribution in [1.82, 2.24) is 10.2 Å². The van der Waals surface area contributed by atoms with Gasteiger partial charge in [0.15, 0.2) is 11.5 Å². The predicted molar refractivity (Wildman–Crippen MR) is 90.6 cm³/mol. The van der Waals surface area contributed by atoms with Crippen LogP contribution in [0.2, 0.25) is 0 Å².